The summed E-state index contributed by atoms with van der Waals surface area (Å²) in [5.41, 5.74) is -0.112. The minimum absolute atomic E-state index is 0.112. The van der Waals surface area contributed by atoms with Gasteiger partial charge in [-0.3, -0.25) is 4.79 Å². The average molecular weight is 277 g/mol. The monoisotopic (exact) mass is 277 g/mol. The summed E-state index contributed by atoms with van der Waals surface area (Å²) in [6, 6.07) is 1.59. The van der Waals surface area contributed by atoms with Gasteiger partial charge in [0.25, 0.3) is 5.56 Å². The molecule has 0 atom stereocenters. The molecule has 20 heavy (non-hydrogen) atoms. The summed E-state index contributed by atoms with van der Waals surface area (Å²) in [4.78, 5) is 14.7. The number of hydrogen-bond donors (Lipinski definition) is 1. The van der Waals surface area contributed by atoms with Gasteiger partial charge in [0, 0.05) is 30.9 Å². The van der Waals surface area contributed by atoms with Crippen LogP contribution in [0.15, 0.2) is 34.1 Å². The van der Waals surface area contributed by atoms with Crippen LogP contribution in [-0.4, -0.2) is 14.7 Å². The van der Waals surface area contributed by atoms with Crippen molar-refractivity contribution in [1.29, 1.82) is 0 Å². The van der Waals surface area contributed by atoms with E-state index in [0.717, 1.165) is 12.3 Å². The van der Waals surface area contributed by atoms with Gasteiger partial charge in [0.1, 0.15) is 5.76 Å². The van der Waals surface area contributed by atoms with Gasteiger partial charge in [0.2, 0.25) is 0 Å². The lowest BCUT2D eigenvalue weighted by Crippen LogP contribution is -1.97. The van der Waals surface area contributed by atoms with Crippen LogP contribution in [0.4, 0.5) is 0 Å². The Balaban J connectivity index is 0.000000178. The molecule has 1 N–H and O–H groups in total. The van der Waals surface area contributed by atoms with E-state index in [9.17, 15) is 4.79 Å². The molecule has 1 saturated carbocycles. The molecule has 0 unspecified atom stereocenters. The molecule has 0 aliphatic heterocycles. The standard InChI is InChI=1S/C10H15NO2.C5H8N2/c12-10-7-9(13-11-10)8-5-3-1-2-4-6-8;1-2-7-4-3-6-5-7/h7-8H,1-6H2,(H,11,12);3-5H,2H2,1H3. The molecule has 110 valence electrons. The lowest BCUT2D eigenvalue weighted by molar-refractivity contribution is 0.344. The zero-order valence-electron chi connectivity index (χ0n) is 12.0. The van der Waals surface area contributed by atoms with Gasteiger partial charge in [0.15, 0.2) is 0 Å². The second-order valence-electron chi connectivity index (χ2n) is 5.20. The molecular weight excluding hydrogens is 254 g/mol. The third-order valence-corrected chi connectivity index (χ3v) is 3.72. The Bertz CT molecular complexity index is 519. The van der Waals surface area contributed by atoms with Crippen LogP contribution in [0.3, 0.4) is 0 Å². The second kappa shape index (κ2) is 7.72. The first-order chi connectivity index (χ1) is 9.79. The highest BCUT2D eigenvalue weighted by Crippen LogP contribution is 2.30. The van der Waals surface area contributed by atoms with Crippen molar-refractivity contribution in [1.82, 2.24) is 14.7 Å². The summed E-state index contributed by atoms with van der Waals surface area (Å²) in [6.07, 6.45) is 13.0. The van der Waals surface area contributed by atoms with E-state index in [2.05, 4.69) is 17.1 Å². The van der Waals surface area contributed by atoms with Crippen LogP contribution >= 0.6 is 0 Å². The number of rotatable bonds is 2. The number of H-pyrrole nitrogens is 1. The van der Waals surface area contributed by atoms with Crippen LogP contribution < -0.4 is 5.56 Å². The first kappa shape index (κ1) is 14.6. The largest absolute Gasteiger partial charge is 0.383 e. The normalized spacial score (nSPS) is 16.2. The number of nitrogens with one attached hydrogen (secondary N) is 1. The fourth-order valence-electron chi connectivity index (χ4n) is 2.54. The van der Waals surface area contributed by atoms with E-state index in [-0.39, 0.29) is 5.56 Å². The molecule has 5 heteroatoms. The Morgan fingerprint density at radius 1 is 1.35 bits per heavy atom. The zero-order chi connectivity index (χ0) is 14.2. The average Bonchev–Trinajstić information content (AvgIpc) is 3.06. The van der Waals surface area contributed by atoms with Crippen LogP contribution in [0.25, 0.3) is 0 Å². The highest BCUT2D eigenvalue weighted by molar-refractivity contribution is 5.02. The predicted molar refractivity (Wildman–Crippen MR) is 77.7 cm³/mol. The molecule has 0 bridgehead atoms. The number of aryl methyl sites for hydroxylation is 1. The van der Waals surface area contributed by atoms with Crippen molar-refractivity contribution in [3.05, 3.63) is 40.9 Å². The molecule has 0 amide bonds. The number of aromatic amines is 1. The van der Waals surface area contributed by atoms with Gasteiger partial charge in [-0.05, 0) is 19.8 Å². The van der Waals surface area contributed by atoms with Crippen molar-refractivity contribution in [3.8, 4) is 0 Å². The predicted octanol–water partition coefficient (Wildman–Crippen LogP) is 3.31. The minimum atomic E-state index is -0.112. The second-order valence-corrected chi connectivity index (χ2v) is 5.20. The molecule has 2 heterocycles. The Morgan fingerprint density at radius 3 is 2.55 bits per heavy atom. The van der Waals surface area contributed by atoms with Gasteiger partial charge >= 0.3 is 0 Å². The first-order valence-corrected chi connectivity index (χ1v) is 7.43. The van der Waals surface area contributed by atoms with E-state index in [1.54, 1.807) is 18.6 Å². The van der Waals surface area contributed by atoms with E-state index in [1.165, 1.54) is 38.5 Å². The van der Waals surface area contributed by atoms with Gasteiger partial charge in [0.05, 0.1) is 6.33 Å². The summed E-state index contributed by atoms with van der Waals surface area (Å²) in [5.74, 6) is 1.33. The molecule has 3 rings (SSSR count). The van der Waals surface area contributed by atoms with Gasteiger partial charge < -0.3 is 9.09 Å². The van der Waals surface area contributed by atoms with Crippen molar-refractivity contribution in [3.63, 3.8) is 0 Å². The third kappa shape index (κ3) is 4.40. The van der Waals surface area contributed by atoms with E-state index in [4.69, 9.17) is 4.52 Å². The zero-order valence-corrected chi connectivity index (χ0v) is 12.0. The molecule has 0 spiro atoms. The van der Waals surface area contributed by atoms with E-state index in [1.807, 2.05) is 10.8 Å². The summed E-state index contributed by atoms with van der Waals surface area (Å²) in [7, 11) is 0. The summed E-state index contributed by atoms with van der Waals surface area (Å²) in [5, 5.41) is 2.36. The molecule has 2 aromatic heterocycles. The molecular formula is C15H23N3O2. The highest BCUT2D eigenvalue weighted by atomic mass is 16.5. The van der Waals surface area contributed by atoms with Gasteiger partial charge in [-0.1, -0.05) is 25.7 Å². The number of nitrogens with zero attached hydrogens (tertiary/aromatic N) is 2. The Morgan fingerprint density at radius 2 is 2.10 bits per heavy atom. The van der Waals surface area contributed by atoms with Crippen molar-refractivity contribution >= 4 is 0 Å². The Kier molecular flexibility index (Phi) is 5.65. The molecule has 1 fully saturated rings. The van der Waals surface area contributed by atoms with Gasteiger partial charge in [-0.2, -0.15) is 5.16 Å². The van der Waals surface area contributed by atoms with E-state index < -0.39 is 0 Å². The molecule has 0 radical (unpaired) electrons. The summed E-state index contributed by atoms with van der Waals surface area (Å²) >= 11 is 0. The smallest absolute Gasteiger partial charge is 0.280 e. The maximum atomic E-state index is 10.9. The lowest BCUT2D eigenvalue weighted by Gasteiger charge is -2.08. The fraction of sp³-hybridized carbons (Fsp3) is 0.600. The van der Waals surface area contributed by atoms with E-state index >= 15 is 0 Å². The maximum absolute atomic E-state index is 10.9. The van der Waals surface area contributed by atoms with Crippen LogP contribution in [0, 0.1) is 0 Å². The topological polar surface area (TPSA) is 63.8 Å². The van der Waals surface area contributed by atoms with Crippen molar-refractivity contribution < 1.29 is 4.52 Å². The number of aromatic nitrogens is 3. The van der Waals surface area contributed by atoms with Gasteiger partial charge in [-0.15, -0.1) is 0 Å². The Hall–Kier alpha value is -1.78. The van der Waals surface area contributed by atoms with Crippen molar-refractivity contribution in [2.75, 3.05) is 0 Å². The maximum Gasteiger partial charge on any atom is 0.280 e. The fourth-order valence-corrected chi connectivity index (χ4v) is 2.54. The quantitative estimate of drug-likeness (QED) is 0.856. The molecule has 1 aliphatic carbocycles. The van der Waals surface area contributed by atoms with Crippen LogP contribution in [0.5, 0.6) is 0 Å². The molecule has 1 aliphatic rings. The van der Waals surface area contributed by atoms with Gasteiger partial charge in [-0.25, -0.2) is 4.98 Å². The van der Waals surface area contributed by atoms with Crippen molar-refractivity contribution in [2.24, 2.45) is 0 Å². The van der Waals surface area contributed by atoms with Crippen LogP contribution in [0.1, 0.15) is 57.1 Å². The van der Waals surface area contributed by atoms with Crippen LogP contribution in [-0.2, 0) is 6.54 Å². The molecule has 5 nitrogen and oxygen atoms in total. The first-order valence-electron chi connectivity index (χ1n) is 7.43. The van der Waals surface area contributed by atoms with Crippen molar-refractivity contribution in [2.45, 2.75) is 57.9 Å². The highest BCUT2D eigenvalue weighted by Gasteiger charge is 2.17. The molecule has 2 aromatic rings. The molecule has 0 saturated heterocycles. The SMILES string of the molecule is CCn1ccnc1.O=c1cc(C2CCCCCC2)o[nH]1. The summed E-state index contributed by atoms with van der Waals surface area (Å²) in [6.45, 7) is 3.10. The lowest BCUT2D eigenvalue weighted by atomic mass is 9.98. The Labute approximate surface area is 119 Å². The number of hydrogen-bond acceptors (Lipinski definition) is 3. The van der Waals surface area contributed by atoms with Crippen LogP contribution in [0.2, 0.25) is 0 Å². The summed E-state index contributed by atoms with van der Waals surface area (Å²) < 4.78 is 7.14. The minimum Gasteiger partial charge on any atom is -0.383 e. The van der Waals surface area contributed by atoms with E-state index in [0.29, 0.717) is 5.92 Å². The third-order valence-electron chi connectivity index (χ3n) is 3.72. The number of imidazole rings is 1. The molecule has 0 aromatic carbocycles.